The molecule has 0 amide bonds. The van der Waals surface area contributed by atoms with Gasteiger partial charge in [0.05, 0.1) is 0 Å². The molecule has 1 fully saturated rings. The molecular weight excluding hydrogens is 182 g/mol. The Morgan fingerprint density at radius 2 is 2.69 bits per heavy atom. The molecule has 1 unspecified atom stereocenters. The molecule has 0 aromatic carbocycles. The standard InChI is InChI=1S/C9H15N3S/c1-7-5-11-9(13-7)12-6-8-3-2-4-10-8/h5,8,10H,2-4,6H2,1H3,(H,11,12). The minimum Gasteiger partial charge on any atom is -0.360 e. The van der Waals surface area contributed by atoms with Gasteiger partial charge in [0.25, 0.3) is 0 Å². The van der Waals surface area contributed by atoms with Gasteiger partial charge in [0.15, 0.2) is 5.13 Å². The minimum absolute atomic E-state index is 0.643. The highest BCUT2D eigenvalue weighted by Gasteiger charge is 2.13. The topological polar surface area (TPSA) is 37.0 Å². The minimum atomic E-state index is 0.643. The molecule has 0 radical (unpaired) electrons. The molecule has 1 aromatic rings. The summed E-state index contributed by atoms with van der Waals surface area (Å²) in [6.45, 7) is 4.26. The van der Waals surface area contributed by atoms with E-state index in [0.717, 1.165) is 11.7 Å². The van der Waals surface area contributed by atoms with Crippen LogP contribution >= 0.6 is 11.3 Å². The summed E-state index contributed by atoms with van der Waals surface area (Å²) in [5, 5.41) is 7.85. The van der Waals surface area contributed by atoms with Gasteiger partial charge in [0, 0.05) is 23.7 Å². The van der Waals surface area contributed by atoms with E-state index in [0.29, 0.717) is 6.04 Å². The van der Waals surface area contributed by atoms with Gasteiger partial charge in [-0.05, 0) is 26.3 Å². The third-order valence-electron chi connectivity index (χ3n) is 2.28. The molecule has 1 saturated heterocycles. The number of anilines is 1. The zero-order chi connectivity index (χ0) is 9.10. The second kappa shape index (κ2) is 4.07. The second-order valence-corrected chi connectivity index (χ2v) is 4.69. The van der Waals surface area contributed by atoms with Crippen LogP contribution in [0.4, 0.5) is 5.13 Å². The number of aromatic nitrogens is 1. The number of hydrogen-bond acceptors (Lipinski definition) is 4. The first-order chi connectivity index (χ1) is 6.34. The summed E-state index contributed by atoms with van der Waals surface area (Å²) >= 11 is 1.72. The van der Waals surface area contributed by atoms with Gasteiger partial charge in [-0.25, -0.2) is 4.98 Å². The third-order valence-corrected chi connectivity index (χ3v) is 3.15. The van der Waals surface area contributed by atoms with Crippen molar-refractivity contribution in [2.75, 3.05) is 18.4 Å². The zero-order valence-corrected chi connectivity index (χ0v) is 8.66. The number of rotatable bonds is 3. The van der Waals surface area contributed by atoms with Gasteiger partial charge in [-0.1, -0.05) is 0 Å². The Labute approximate surface area is 82.6 Å². The quantitative estimate of drug-likeness (QED) is 0.773. The van der Waals surface area contributed by atoms with Crippen LogP contribution < -0.4 is 10.6 Å². The lowest BCUT2D eigenvalue weighted by molar-refractivity contribution is 0.633. The van der Waals surface area contributed by atoms with Crippen LogP contribution in [0.1, 0.15) is 17.7 Å². The highest BCUT2D eigenvalue weighted by Crippen LogP contribution is 2.16. The molecule has 1 aromatic heterocycles. The van der Waals surface area contributed by atoms with E-state index in [2.05, 4.69) is 22.5 Å². The number of nitrogens with zero attached hydrogens (tertiary/aromatic N) is 1. The Bertz CT molecular complexity index is 266. The van der Waals surface area contributed by atoms with E-state index in [1.807, 2.05) is 6.20 Å². The zero-order valence-electron chi connectivity index (χ0n) is 7.84. The molecule has 0 spiro atoms. The van der Waals surface area contributed by atoms with Crippen molar-refractivity contribution in [2.24, 2.45) is 0 Å². The first-order valence-electron chi connectivity index (χ1n) is 4.74. The molecule has 0 aliphatic carbocycles. The molecule has 1 aliphatic heterocycles. The predicted molar refractivity (Wildman–Crippen MR) is 56.4 cm³/mol. The number of hydrogen-bond donors (Lipinski definition) is 2. The van der Waals surface area contributed by atoms with Crippen molar-refractivity contribution in [1.82, 2.24) is 10.3 Å². The third kappa shape index (κ3) is 2.42. The number of nitrogens with one attached hydrogen (secondary N) is 2. The fourth-order valence-corrected chi connectivity index (χ4v) is 2.25. The van der Waals surface area contributed by atoms with Gasteiger partial charge < -0.3 is 10.6 Å². The van der Waals surface area contributed by atoms with Crippen LogP contribution in [0, 0.1) is 6.92 Å². The van der Waals surface area contributed by atoms with Crippen molar-refractivity contribution >= 4 is 16.5 Å². The molecule has 72 valence electrons. The maximum Gasteiger partial charge on any atom is 0.182 e. The molecule has 2 heterocycles. The molecule has 2 N–H and O–H groups in total. The highest BCUT2D eigenvalue weighted by atomic mass is 32.1. The van der Waals surface area contributed by atoms with Gasteiger partial charge in [-0.3, -0.25) is 0 Å². The van der Waals surface area contributed by atoms with Crippen LogP contribution in [-0.2, 0) is 0 Å². The predicted octanol–water partition coefficient (Wildman–Crippen LogP) is 1.62. The normalized spacial score (nSPS) is 22.1. The molecule has 13 heavy (non-hydrogen) atoms. The maximum atomic E-state index is 4.26. The van der Waals surface area contributed by atoms with E-state index >= 15 is 0 Å². The summed E-state index contributed by atoms with van der Waals surface area (Å²) in [5.41, 5.74) is 0. The summed E-state index contributed by atoms with van der Waals surface area (Å²) in [6.07, 6.45) is 4.51. The van der Waals surface area contributed by atoms with E-state index in [1.54, 1.807) is 11.3 Å². The maximum absolute atomic E-state index is 4.26. The van der Waals surface area contributed by atoms with Crippen molar-refractivity contribution < 1.29 is 0 Å². The fraction of sp³-hybridized carbons (Fsp3) is 0.667. The van der Waals surface area contributed by atoms with E-state index < -0.39 is 0 Å². The molecule has 2 rings (SSSR count). The van der Waals surface area contributed by atoms with Gasteiger partial charge in [0.1, 0.15) is 0 Å². The summed E-state index contributed by atoms with van der Waals surface area (Å²) in [7, 11) is 0. The first kappa shape index (κ1) is 8.97. The van der Waals surface area contributed by atoms with Crippen LogP contribution in [0.3, 0.4) is 0 Å². The first-order valence-corrected chi connectivity index (χ1v) is 5.56. The average Bonchev–Trinajstić information content (AvgIpc) is 2.71. The van der Waals surface area contributed by atoms with Crippen LogP contribution in [-0.4, -0.2) is 24.1 Å². The molecule has 3 nitrogen and oxygen atoms in total. The molecular formula is C9H15N3S. The highest BCUT2D eigenvalue weighted by molar-refractivity contribution is 7.15. The summed E-state index contributed by atoms with van der Waals surface area (Å²) in [4.78, 5) is 5.52. The van der Waals surface area contributed by atoms with E-state index in [4.69, 9.17) is 0 Å². The average molecular weight is 197 g/mol. The SMILES string of the molecule is Cc1cnc(NCC2CCCN2)s1. The van der Waals surface area contributed by atoms with Gasteiger partial charge >= 0.3 is 0 Å². The molecule has 0 saturated carbocycles. The van der Waals surface area contributed by atoms with Crippen LogP contribution in [0.25, 0.3) is 0 Å². The lowest BCUT2D eigenvalue weighted by Gasteiger charge is -2.09. The largest absolute Gasteiger partial charge is 0.360 e. The van der Waals surface area contributed by atoms with Crippen LogP contribution in [0.2, 0.25) is 0 Å². The van der Waals surface area contributed by atoms with Crippen molar-refractivity contribution in [3.8, 4) is 0 Å². The molecule has 1 atom stereocenters. The van der Waals surface area contributed by atoms with E-state index in [-0.39, 0.29) is 0 Å². The smallest absolute Gasteiger partial charge is 0.182 e. The second-order valence-electron chi connectivity index (χ2n) is 3.45. The molecule has 1 aliphatic rings. The lowest BCUT2D eigenvalue weighted by Crippen LogP contribution is -2.29. The van der Waals surface area contributed by atoms with Crippen molar-refractivity contribution in [3.63, 3.8) is 0 Å². The fourth-order valence-electron chi connectivity index (χ4n) is 1.58. The Hall–Kier alpha value is -0.610. The van der Waals surface area contributed by atoms with Crippen molar-refractivity contribution in [2.45, 2.75) is 25.8 Å². The lowest BCUT2D eigenvalue weighted by atomic mass is 10.2. The molecule has 0 bridgehead atoms. The Morgan fingerprint density at radius 1 is 1.77 bits per heavy atom. The molecule has 4 heteroatoms. The van der Waals surface area contributed by atoms with Crippen LogP contribution in [0.5, 0.6) is 0 Å². The van der Waals surface area contributed by atoms with Gasteiger partial charge in [-0.15, -0.1) is 11.3 Å². The summed E-state index contributed by atoms with van der Waals surface area (Å²) < 4.78 is 0. The van der Waals surface area contributed by atoms with Crippen LogP contribution in [0.15, 0.2) is 6.20 Å². The van der Waals surface area contributed by atoms with E-state index in [9.17, 15) is 0 Å². The Kier molecular flexibility index (Phi) is 2.80. The number of aryl methyl sites for hydroxylation is 1. The summed E-state index contributed by atoms with van der Waals surface area (Å²) in [6, 6.07) is 0.643. The Balaban J connectivity index is 1.78. The van der Waals surface area contributed by atoms with Gasteiger partial charge in [0.2, 0.25) is 0 Å². The summed E-state index contributed by atoms with van der Waals surface area (Å²) in [5.74, 6) is 0. The Morgan fingerprint density at radius 3 is 3.31 bits per heavy atom. The van der Waals surface area contributed by atoms with Crippen molar-refractivity contribution in [1.29, 1.82) is 0 Å². The van der Waals surface area contributed by atoms with Gasteiger partial charge in [-0.2, -0.15) is 0 Å². The monoisotopic (exact) mass is 197 g/mol. The number of thiazole rings is 1. The van der Waals surface area contributed by atoms with E-state index in [1.165, 1.54) is 24.3 Å². The van der Waals surface area contributed by atoms with Crippen molar-refractivity contribution in [3.05, 3.63) is 11.1 Å².